The molecule has 2 aliphatic heterocycles. The van der Waals surface area contributed by atoms with E-state index in [2.05, 4.69) is 20.9 Å². The number of halogens is 1. The van der Waals surface area contributed by atoms with Crippen molar-refractivity contribution in [1.29, 1.82) is 0 Å². The van der Waals surface area contributed by atoms with Crippen LogP contribution in [0.5, 0.6) is 11.5 Å². The lowest BCUT2D eigenvalue weighted by Gasteiger charge is -2.35. The van der Waals surface area contributed by atoms with Crippen molar-refractivity contribution in [3.05, 3.63) is 77.1 Å². The van der Waals surface area contributed by atoms with E-state index in [0.29, 0.717) is 13.2 Å². The largest absolute Gasteiger partial charge is 0.486 e. The van der Waals surface area contributed by atoms with Crippen LogP contribution in [0.15, 0.2) is 48.8 Å². The molecule has 3 heterocycles. The van der Waals surface area contributed by atoms with Crippen molar-refractivity contribution >= 4 is 0 Å². The van der Waals surface area contributed by atoms with Gasteiger partial charge in [-0.1, -0.05) is 18.2 Å². The average molecular weight is 365 g/mol. The predicted molar refractivity (Wildman–Crippen MR) is 98.4 cm³/mol. The van der Waals surface area contributed by atoms with Gasteiger partial charge in [0.25, 0.3) is 0 Å². The van der Waals surface area contributed by atoms with Crippen LogP contribution in [-0.2, 0) is 13.0 Å². The van der Waals surface area contributed by atoms with Crippen LogP contribution >= 0.6 is 0 Å². The van der Waals surface area contributed by atoms with Gasteiger partial charge in [-0.05, 0) is 35.4 Å². The molecule has 27 heavy (non-hydrogen) atoms. The van der Waals surface area contributed by atoms with Crippen molar-refractivity contribution < 1.29 is 13.9 Å². The Bertz CT molecular complexity index is 972. The maximum absolute atomic E-state index is 13.9. The number of aromatic amines is 1. The molecular formula is C21H20FN3O2. The third kappa shape index (κ3) is 3.06. The molecule has 3 aromatic rings. The molecule has 0 bridgehead atoms. The highest BCUT2D eigenvalue weighted by atomic mass is 19.1. The highest BCUT2D eigenvalue weighted by Crippen LogP contribution is 2.36. The summed E-state index contributed by atoms with van der Waals surface area (Å²) < 4.78 is 25.2. The number of ether oxygens (including phenoxy) is 2. The average Bonchev–Trinajstić information content (AvgIpc) is 3.16. The van der Waals surface area contributed by atoms with Gasteiger partial charge in [-0.2, -0.15) is 0 Å². The van der Waals surface area contributed by atoms with Gasteiger partial charge in [0, 0.05) is 25.2 Å². The number of hydrogen-bond donors (Lipinski definition) is 1. The Morgan fingerprint density at radius 1 is 1.11 bits per heavy atom. The van der Waals surface area contributed by atoms with E-state index in [1.54, 1.807) is 18.5 Å². The molecule has 138 valence electrons. The van der Waals surface area contributed by atoms with Crippen LogP contribution in [-0.4, -0.2) is 34.6 Å². The van der Waals surface area contributed by atoms with Gasteiger partial charge >= 0.3 is 0 Å². The monoisotopic (exact) mass is 365 g/mol. The first kappa shape index (κ1) is 16.3. The van der Waals surface area contributed by atoms with Gasteiger partial charge in [0.15, 0.2) is 11.5 Å². The number of imidazole rings is 1. The molecule has 0 aliphatic carbocycles. The minimum Gasteiger partial charge on any atom is -0.486 e. The smallest absolute Gasteiger partial charge is 0.161 e. The lowest BCUT2D eigenvalue weighted by atomic mass is 9.95. The third-order valence-electron chi connectivity index (χ3n) is 5.18. The Balaban J connectivity index is 1.49. The van der Waals surface area contributed by atoms with E-state index in [1.807, 2.05) is 18.2 Å². The van der Waals surface area contributed by atoms with Crippen LogP contribution in [0.2, 0.25) is 0 Å². The molecule has 5 rings (SSSR count). The number of aromatic nitrogens is 2. The second kappa shape index (κ2) is 6.70. The normalized spacial score (nSPS) is 18.9. The second-order valence-electron chi connectivity index (χ2n) is 6.92. The zero-order chi connectivity index (χ0) is 18.2. The summed E-state index contributed by atoms with van der Waals surface area (Å²) in [5, 5.41) is 0. The van der Waals surface area contributed by atoms with Crippen LogP contribution in [0.1, 0.15) is 28.6 Å². The summed E-state index contributed by atoms with van der Waals surface area (Å²) in [5.41, 5.74) is 4.16. The zero-order valence-corrected chi connectivity index (χ0v) is 14.8. The van der Waals surface area contributed by atoms with Crippen molar-refractivity contribution in [2.75, 3.05) is 19.8 Å². The van der Waals surface area contributed by atoms with Crippen molar-refractivity contribution in [3.63, 3.8) is 0 Å². The van der Waals surface area contributed by atoms with Gasteiger partial charge in [0.05, 0.1) is 18.1 Å². The first-order chi connectivity index (χ1) is 13.3. The summed E-state index contributed by atoms with van der Waals surface area (Å²) in [7, 11) is 0. The molecule has 5 nitrogen and oxygen atoms in total. The number of nitrogens with one attached hydrogen (secondary N) is 1. The van der Waals surface area contributed by atoms with Crippen molar-refractivity contribution in [2.45, 2.75) is 19.0 Å². The topological polar surface area (TPSA) is 50.4 Å². The summed E-state index contributed by atoms with van der Waals surface area (Å²) in [5.74, 6) is 1.35. The molecule has 1 N–H and O–H groups in total. The zero-order valence-electron chi connectivity index (χ0n) is 14.8. The molecule has 2 aromatic carbocycles. The SMILES string of the molecule is Fc1cccc([C@H]2c3nc[nH]c3CCN2Cc2ccc3c(c2)OCCO3)c1. The van der Waals surface area contributed by atoms with E-state index < -0.39 is 0 Å². The fourth-order valence-corrected chi connectivity index (χ4v) is 3.96. The Hall–Kier alpha value is -2.86. The maximum Gasteiger partial charge on any atom is 0.161 e. The van der Waals surface area contributed by atoms with Crippen molar-refractivity contribution in [1.82, 2.24) is 14.9 Å². The van der Waals surface area contributed by atoms with E-state index in [9.17, 15) is 4.39 Å². The maximum atomic E-state index is 13.9. The quantitative estimate of drug-likeness (QED) is 0.772. The summed E-state index contributed by atoms with van der Waals surface area (Å²) in [6.07, 6.45) is 2.62. The first-order valence-electron chi connectivity index (χ1n) is 9.18. The number of nitrogens with zero attached hydrogens (tertiary/aromatic N) is 2. The Kier molecular flexibility index (Phi) is 4.05. The Morgan fingerprint density at radius 2 is 2.00 bits per heavy atom. The van der Waals surface area contributed by atoms with Crippen LogP contribution in [0.3, 0.4) is 0 Å². The molecular weight excluding hydrogens is 345 g/mol. The summed E-state index contributed by atoms with van der Waals surface area (Å²) in [6.45, 7) is 2.75. The molecule has 0 saturated carbocycles. The number of fused-ring (bicyclic) bond motifs is 2. The molecule has 1 atom stereocenters. The van der Waals surface area contributed by atoms with Gasteiger partial charge in [-0.3, -0.25) is 4.90 Å². The molecule has 0 amide bonds. The standard InChI is InChI=1S/C21H20FN3O2/c22-16-3-1-2-15(11-16)21-20-17(23-13-24-20)6-7-25(21)12-14-4-5-18-19(10-14)27-9-8-26-18/h1-5,10-11,13,21H,6-9,12H2,(H,23,24)/t21-/m0/s1. The van der Waals surface area contributed by atoms with Crippen molar-refractivity contribution in [3.8, 4) is 11.5 Å². The lowest BCUT2D eigenvalue weighted by Crippen LogP contribution is -2.36. The fourth-order valence-electron chi connectivity index (χ4n) is 3.96. The van der Waals surface area contributed by atoms with E-state index >= 15 is 0 Å². The van der Waals surface area contributed by atoms with Gasteiger partial charge in [0.1, 0.15) is 19.0 Å². The lowest BCUT2D eigenvalue weighted by molar-refractivity contribution is 0.170. The minimum absolute atomic E-state index is 0.0797. The number of rotatable bonds is 3. The van der Waals surface area contributed by atoms with E-state index in [1.165, 1.54) is 6.07 Å². The van der Waals surface area contributed by atoms with Gasteiger partial charge in [-0.15, -0.1) is 0 Å². The predicted octanol–water partition coefficient (Wildman–Crippen LogP) is 3.47. The second-order valence-corrected chi connectivity index (χ2v) is 6.92. The molecule has 6 heteroatoms. The molecule has 0 radical (unpaired) electrons. The Labute approximate surface area is 156 Å². The summed E-state index contributed by atoms with van der Waals surface area (Å²) in [6, 6.07) is 12.8. The molecule has 0 spiro atoms. The number of hydrogen-bond acceptors (Lipinski definition) is 4. The molecule has 2 aliphatic rings. The summed E-state index contributed by atoms with van der Waals surface area (Å²) in [4.78, 5) is 10.1. The van der Waals surface area contributed by atoms with Gasteiger partial charge in [-0.25, -0.2) is 9.37 Å². The van der Waals surface area contributed by atoms with Crippen molar-refractivity contribution in [2.24, 2.45) is 0 Å². The molecule has 0 unspecified atom stereocenters. The van der Waals surface area contributed by atoms with E-state index in [4.69, 9.17) is 9.47 Å². The van der Waals surface area contributed by atoms with Crippen LogP contribution < -0.4 is 9.47 Å². The van der Waals surface area contributed by atoms with Crippen LogP contribution in [0, 0.1) is 5.82 Å². The Morgan fingerprint density at radius 3 is 2.89 bits per heavy atom. The minimum atomic E-state index is -0.227. The van der Waals surface area contributed by atoms with E-state index in [-0.39, 0.29) is 11.9 Å². The number of H-pyrrole nitrogens is 1. The fraction of sp³-hybridized carbons (Fsp3) is 0.286. The molecule has 0 saturated heterocycles. The summed E-state index contributed by atoms with van der Waals surface area (Å²) >= 11 is 0. The third-order valence-corrected chi connectivity index (χ3v) is 5.18. The molecule has 0 fully saturated rings. The highest BCUT2D eigenvalue weighted by molar-refractivity contribution is 5.44. The van der Waals surface area contributed by atoms with Crippen LogP contribution in [0.25, 0.3) is 0 Å². The number of benzene rings is 2. The van der Waals surface area contributed by atoms with Crippen LogP contribution in [0.4, 0.5) is 4.39 Å². The van der Waals surface area contributed by atoms with Gasteiger partial charge < -0.3 is 14.5 Å². The first-order valence-corrected chi connectivity index (χ1v) is 9.18. The highest BCUT2D eigenvalue weighted by Gasteiger charge is 2.31. The van der Waals surface area contributed by atoms with E-state index in [0.717, 1.165) is 53.5 Å². The van der Waals surface area contributed by atoms with Gasteiger partial charge in [0.2, 0.25) is 0 Å². The molecule has 1 aromatic heterocycles.